The highest BCUT2D eigenvalue weighted by Crippen LogP contribution is 2.47. The molecule has 1 saturated carbocycles. The Morgan fingerprint density at radius 1 is 1.31 bits per heavy atom. The average molecular weight is 367 g/mol. The molecule has 0 bridgehead atoms. The van der Waals surface area contributed by atoms with Crippen LogP contribution in [0.4, 0.5) is 0 Å². The normalized spacial score (nSPS) is 22.0. The third-order valence-electron chi connectivity index (χ3n) is 3.72. The van der Waals surface area contributed by atoms with E-state index in [1.807, 2.05) is 0 Å². The Balaban J connectivity index is 2.20. The SMILES string of the molecule is CC1(C(N)c2cc(Br)c(Br)s2)CCCCC1. The van der Waals surface area contributed by atoms with Gasteiger partial charge in [-0.3, -0.25) is 0 Å². The van der Waals surface area contributed by atoms with Gasteiger partial charge in [-0.2, -0.15) is 0 Å². The standard InChI is InChI=1S/C12H17Br2NS/c1-12(5-3-2-4-6-12)10(15)9-7-8(13)11(14)16-9/h7,10H,2-6,15H2,1H3. The van der Waals surface area contributed by atoms with E-state index in [0.717, 1.165) is 8.26 Å². The van der Waals surface area contributed by atoms with Gasteiger partial charge >= 0.3 is 0 Å². The second-order valence-corrected chi connectivity index (χ2v) is 8.22. The summed E-state index contributed by atoms with van der Waals surface area (Å²) in [6, 6.07) is 2.35. The fraction of sp³-hybridized carbons (Fsp3) is 0.667. The van der Waals surface area contributed by atoms with Crippen LogP contribution in [0.25, 0.3) is 0 Å². The van der Waals surface area contributed by atoms with E-state index < -0.39 is 0 Å². The summed E-state index contributed by atoms with van der Waals surface area (Å²) in [4.78, 5) is 1.29. The van der Waals surface area contributed by atoms with E-state index in [0.29, 0.717) is 5.41 Å². The van der Waals surface area contributed by atoms with Gasteiger partial charge in [0.15, 0.2) is 0 Å². The number of halogens is 2. The van der Waals surface area contributed by atoms with Crippen LogP contribution in [0, 0.1) is 5.41 Å². The number of rotatable bonds is 2. The predicted molar refractivity (Wildman–Crippen MR) is 77.8 cm³/mol. The zero-order valence-electron chi connectivity index (χ0n) is 9.43. The summed E-state index contributed by atoms with van der Waals surface area (Å²) in [6.45, 7) is 2.35. The van der Waals surface area contributed by atoms with E-state index in [9.17, 15) is 0 Å². The van der Waals surface area contributed by atoms with Crippen LogP contribution in [-0.4, -0.2) is 0 Å². The molecular formula is C12H17Br2NS. The molecule has 1 aliphatic carbocycles. The summed E-state index contributed by atoms with van der Waals surface area (Å²) in [5.41, 5.74) is 6.75. The predicted octanol–water partition coefficient (Wildman–Crippen LogP) is 5.24. The first-order chi connectivity index (χ1) is 7.53. The third kappa shape index (κ3) is 2.55. The number of hydrogen-bond donors (Lipinski definition) is 1. The molecule has 0 aliphatic heterocycles. The lowest BCUT2D eigenvalue weighted by molar-refractivity contribution is 0.172. The molecule has 4 heteroatoms. The fourth-order valence-electron chi connectivity index (χ4n) is 2.53. The van der Waals surface area contributed by atoms with Gasteiger partial charge in [-0.1, -0.05) is 26.2 Å². The van der Waals surface area contributed by atoms with E-state index in [-0.39, 0.29) is 6.04 Å². The van der Waals surface area contributed by atoms with Crippen LogP contribution in [0.5, 0.6) is 0 Å². The van der Waals surface area contributed by atoms with Gasteiger partial charge < -0.3 is 5.73 Å². The van der Waals surface area contributed by atoms with Gasteiger partial charge in [0, 0.05) is 15.4 Å². The van der Waals surface area contributed by atoms with Crippen LogP contribution >= 0.6 is 43.2 Å². The van der Waals surface area contributed by atoms with Crippen molar-refractivity contribution < 1.29 is 0 Å². The molecule has 0 saturated heterocycles. The summed E-state index contributed by atoms with van der Waals surface area (Å²) in [5, 5.41) is 0. The van der Waals surface area contributed by atoms with Gasteiger partial charge in [0.2, 0.25) is 0 Å². The van der Waals surface area contributed by atoms with E-state index in [1.165, 1.54) is 37.0 Å². The van der Waals surface area contributed by atoms with Crippen molar-refractivity contribution in [3.63, 3.8) is 0 Å². The topological polar surface area (TPSA) is 26.0 Å². The molecule has 0 aromatic carbocycles. The van der Waals surface area contributed by atoms with E-state index >= 15 is 0 Å². The van der Waals surface area contributed by atoms with Crippen molar-refractivity contribution in [2.75, 3.05) is 0 Å². The maximum Gasteiger partial charge on any atom is 0.0843 e. The summed E-state index contributed by atoms with van der Waals surface area (Å²) < 4.78 is 2.28. The minimum atomic E-state index is 0.181. The molecule has 0 amide bonds. The summed E-state index contributed by atoms with van der Waals surface area (Å²) in [5.74, 6) is 0. The highest BCUT2D eigenvalue weighted by Gasteiger charge is 2.35. The number of thiophene rings is 1. The third-order valence-corrected chi connectivity index (χ3v) is 7.06. The first-order valence-corrected chi connectivity index (χ1v) is 8.13. The Bertz CT molecular complexity index is 350. The van der Waals surface area contributed by atoms with Crippen molar-refractivity contribution in [2.45, 2.75) is 45.1 Å². The number of hydrogen-bond acceptors (Lipinski definition) is 2. The van der Waals surface area contributed by atoms with Gasteiger partial charge in [0.1, 0.15) is 0 Å². The summed E-state index contributed by atoms with van der Waals surface area (Å²) >= 11 is 8.84. The summed E-state index contributed by atoms with van der Waals surface area (Å²) in [6.07, 6.45) is 6.57. The molecular weight excluding hydrogens is 350 g/mol. The minimum Gasteiger partial charge on any atom is -0.323 e. The lowest BCUT2D eigenvalue weighted by atomic mass is 9.70. The van der Waals surface area contributed by atoms with Gasteiger partial charge in [0.05, 0.1) is 3.79 Å². The Labute approximate surface area is 118 Å². The quantitative estimate of drug-likeness (QED) is 0.760. The zero-order valence-corrected chi connectivity index (χ0v) is 13.4. The zero-order chi connectivity index (χ0) is 11.8. The second-order valence-electron chi connectivity index (χ2n) is 4.96. The van der Waals surface area contributed by atoms with Crippen LogP contribution in [-0.2, 0) is 0 Å². The molecule has 2 rings (SSSR count). The molecule has 90 valence electrons. The van der Waals surface area contributed by atoms with Gasteiger partial charge in [-0.05, 0) is 56.2 Å². The lowest BCUT2D eigenvalue weighted by Gasteiger charge is -2.38. The Morgan fingerprint density at radius 2 is 1.94 bits per heavy atom. The molecule has 1 nitrogen and oxygen atoms in total. The van der Waals surface area contributed by atoms with Crippen molar-refractivity contribution in [2.24, 2.45) is 11.1 Å². The molecule has 2 N–H and O–H groups in total. The molecule has 16 heavy (non-hydrogen) atoms. The van der Waals surface area contributed by atoms with Crippen molar-refractivity contribution >= 4 is 43.2 Å². The van der Waals surface area contributed by atoms with Gasteiger partial charge in [-0.25, -0.2) is 0 Å². The minimum absolute atomic E-state index is 0.181. The molecule has 0 radical (unpaired) electrons. The molecule has 1 unspecified atom stereocenters. The molecule has 1 atom stereocenters. The Morgan fingerprint density at radius 3 is 2.44 bits per heavy atom. The molecule has 1 aromatic heterocycles. The van der Waals surface area contributed by atoms with Crippen LogP contribution < -0.4 is 5.73 Å². The van der Waals surface area contributed by atoms with E-state index in [2.05, 4.69) is 44.8 Å². The van der Waals surface area contributed by atoms with E-state index in [4.69, 9.17) is 5.73 Å². The van der Waals surface area contributed by atoms with Crippen LogP contribution in [0.1, 0.15) is 49.9 Å². The molecule has 1 aliphatic rings. The molecule has 1 aromatic rings. The van der Waals surface area contributed by atoms with Crippen LogP contribution in [0.2, 0.25) is 0 Å². The highest BCUT2D eigenvalue weighted by molar-refractivity contribution is 9.13. The fourth-order valence-corrected chi connectivity index (χ4v) is 4.80. The first kappa shape index (κ1) is 13.1. The maximum absolute atomic E-state index is 6.45. The number of nitrogens with two attached hydrogens (primary N) is 1. The first-order valence-electron chi connectivity index (χ1n) is 5.73. The lowest BCUT2D eigenvalue weighted by Crippen LogP contribution is -2.33. The Kier molecular flexibility index (Phi) is 4.15. The maximum atomic E-state index is 6.45. The molecule has 1 fully saturated rings. The molecule has 1 heterocycles. The van der Waals surface area contributed by atoms with Crippen molar-refractivity contribution in [1.29, 1.82) is 0 Å². The van der Waals surface area contributed by atoms with Crippen LogP contribution in [0.3, 0.4) is 0 Å². The van der Waals surface area contributed by atoms with Crippen molar-refractivity contribution in [1.82, 2.24) is 0 Å². The molecule has 0 spiro atoms. The largest absolute Gasteiger partial charge is 0.323 e. The smallest absolute Gasteiger partial charge is 0.0843 e. The average Bonchev–Trinajstić information content (AvgIpc) is 2.59. The monoisotopic (exact) mass is 365 g/mol. The Hall–Kier alpha value is 0.620. The van der Waals surface area contributed by atoms with Crippen molar-refractivity contribution in [3.8, 4) is 0 Å². The van der Waals surface area contributed by atoms with E-state index in [1.54, 1.807) is 11.3 Å². The summed E-state index contributed by atoms with van der Waals surface area (Å²) in [7, 11) is 0. The van der Waals surface area contributed by atoms with Crippen LogP contribution in [0.15, 0.2) is 14.3 Å². The second kappa shape index (κ2) is 5.09. The van der Waals surface area contributed by atoms with Gasteiger partial charge in [0.25, 0.3) is 0 Å². The van der Waals surface area contributed by atoms with Gasteiger partial charge in [-0.15, -0.1) is 11.3 Å². The van der Waals surface area contributed by atoms with Crippen molar-refractivity contribution in [3.05, 3.63) is 19.2 Å². The highest BCUT2D eigenvalue weighted by atomic mass is 79.9.